The van der Waals surface area contributed by atoms with E-state index in [0.29, 0.717) is 0 Å². The highest BCUT2D eigenvalue weighted by Crippen LogP contribution is 2.10. The van der Waals surface area contributed by atoms with E-state index in [0.717, 1.165) is 19.3 Å². The number of hydrogen-bond acceptors (Lipinski definition) is 2. The van der Waals surface area contributed by atoms with Gasteiger partial charge in [-0.2, -0.15) is 0 Å². The normalized spacial score (nSPS) is 10.7. The Hall–Kier alpha value is -0.860. The zero-order valence-corrected chi connectivity index (χ0v) is 8.88. The fraction of sp³-hybridized carbons (Fsp3) is 0.800. The van der Waals surface area contributed by atoms with Crippen LogP contribution >= 0.6 is 0 Å². The van der Waals surface area contributed by atoms with Crippen LogP contribution in [0.1, 0.15) is 44.5 Å². The number of hydrogen-bond donors (Lipinski definition) is 0. The Kier molecular flexibility index (Phi) is 3.93. The fourth-order valence-electron chi connectivity index (χ4n) is 1.50. The van der Waals surface area contributed by atoms with Crippen molar-refractivity contribution < 1.29 is 0 Å². The van der Waals surface area contributed by atoms with Gasteiger partial charge in [-0.15, -0.1) is 5.10 Å². The van der Waals surface area contributed by atoms with Crippen LogP contribution in [0.4, 0.5) is 0 Å². The van der Waals surface area contributed by atoms with E-state index in [4.69, 9.17) is 0 Å². The van der Waals surface area contributed by atoms with Gasteiger partial charge >= 0.3 is 0 Å². The second-order valence-electron chi connectivity index (χ2n) is 3.46. The summed E-state index contributed by atoms with van der Waals surface area (Å²) in [5.74, 6) is 0. The monoisotopic (exact) mass is 181 g/mol. The molecule has 0 saturated carbocycles. The summed E-state index contributed by atoms with van der Waals surface area (Å²) < 4.78 is 1.92. The van der Waals surface area contributed by atoms with Crippen LogP contribution in [0.25, 0.3) is 0 Å². The number of aryl methyl sites for hydroxylation is 2. The van der Waals surface area contributed by atoms with E-state index < -0.39 is 0 Å². The molecule has 1 aromatic rings. The van der Waals surface area contributed by atoms with Crippen molar-refractivity contribution in [1.82, 2.24) is 15.0 Å². The standard InChI is InChI=1S/C10H19N3/c1-4-6-8-10-9(7-5-2)11-12-13(10)3/h4-8H2,1-3H3. The first-order valence-corrected chi connectivity index (χ1v) is 5.17. The first kappa shape index (κ1) is 10.2. The molecule has 74 valence electrons. The van der Waals surface area contributed by atoms with Gasteiger partial charge in [-0.25, -0.2) is 0 Å². The quantitative estimate of drug-likeness (QED) is 0.696. The number of unbranched alkanes of at least 4 members (excludes halogenated alkanes) is 1. The molecule has 0 saturated heterocycles. The van der Waals surface area contributed by atoms with Crippen molar-refractivity contribution in [3.05, 3.63) is 11.4 Å². The van der Waals surface area contributed by atoms with E-state index in [-0.39, 0.29) is 0 Å². The Morgan fingerprint density at radius 3 is 2.54 bits per heavy atom. The molecule has 0 aromatic carbocycles. The van der Waals surface area contributed by atoms with E-state index >= 15 is 0 Å². The predicted molar refractivity (Wildman–Crippen MR) is 53.6 cm³/mol. The molecule has 0 aliphatic rings. The highest BCUT2D eigenvalue weighted by molar-refractivity contribution is 5.10. The lowest BCUT2D eigenvalue weighted by molar-refractivity contribution is 0.655. The van der Waals surface area contributed by atoms with Crippen LogP contribution in [-0.4, -0.2) is 15.0 Å². The highest BCUT2D eigenvalue weighted by Gasteiger charge is 2.08. The summed E-state index contributed by atoms with van der Waals surface area (Å²) in [7, 11) is 1.98. The van der Waals surface area contributed by atoms with Crippen LogP contribution in [0.3, 0.4) is 0 Å². The summed E-state index contributed by atoms with van der Waals surface area (Å²) in [5.41, 5.74) is 2.52. The maximum Gasteiger partial charge on any atom is 0.0858 e. The molecular formula is C10H19N3. The first-order chi connectivity index (χ1) is 6.29. The zero-order chi connectivity index (χ0) is 9.68. The minimum absolute atomic E-state index is 1.06. The molecule has 0 amide bonds. The summed E-state index contributed by atoms with van der Waals surface area (Å²) in [5, 5.41) is 8.23. The minimum Gasteiger partial charge on any atom is -0.252 e. The van der Waals surface area contributed by atoms with E-state index in [1.807, 2.05) is 11.7 Å². The molecule has 0 radical (unpaired) electrons. The lowest BCUT2D eigenvalue weighted by Crippen LogP contribution is -2.00. The maximum atomic E-state index is 4.17. The van der Waals surface area contributed by atoms with Gasteiger partial charge in [0.05, 0.1) is 11.4 Å². The Morgan fingerprint density at radius 1 is 1.15 bits per heavy atom. The summed E-state index contributed by atoms with van der Waals surface area (Å²) >= 11 is 0. The molecule has 0 aliphatic heterocycles. The van der Waals surface area contributed by atoms with Crippen LogP contribution in [0, 0.1) is 0 Å². The molecule has 3 nitrogen and oxygen atoms in total. The predicted octanol–water partition coefficient (Wildman–Crippen LogP) is 2.11. The van der Waals surface area contributed by atoms with Crippen LogP contribution in [0.5, 0.6) is 0 Å². The molecule has 0 bridgehead atoms. The maximum absolute atomic E-state index is 4.17. The third-order valence-corrected chi connectivity index (χ3v) is 2.28. The smallest absolute Gasteiger partial charge is 0.0858 e. The van der Waals surface area contributed by atoms with Gasteiger partial charge in [-0.3, -0.25) is 4.68 Å². The molecular weight excluding hydrogens is 162 g/mol. The van der Waals surface area contributed by atoms with E-state index in [1.54, 1.807) is 0 Å². The molecule has 1 heterocycles. The van der Waals surface area contributed by atoms with Crippen molar-refractivity contribution in [2.75, 3.05) is 0 Å². The Balaban J connectivity index is 2.69. The molecule has 0 aliphatic carbocycles. The molecule has 3 heteroatoms. The van der Waals surface area contributed by atoms with Crippen molar-refractivity contribution in [2.24, 2.45) is 7.05 Å². The van der Waals surface area contributed by atoms with Gasteiger partial charge in [0.25, 0.3) is 0 Å². The summed E-state index contributed by atoms with van der Waals surface area (Å²) in [4.78, 5) is 0. The molecule has 13 heavy (non-hydrogen) atoms. The van der Waals surface area contributed by atoms with Crippen molar-refractivity contribution in [3.63, 3.8) is 0 Å². The summed E-state index contributed by atoms with van der Waals surface area (Å²) in [6.07, 6.45) is 5.80. The largest absolute Gasteiger partial charge is 0.252 e. The molecule has 0 unspecified atom stereocenters. The summed E-state index contributed by atoms with van der Waals surface area (Å²) in [6, 6.07) is 0. The highest BCUT2D eigenvalue weighted by atomic mass is 15.4. The number of rotatable bonds is 5. The molecule has 1 aromatic heterocycles. The topological polar surface area (TPSA) is 30.7 Å². The Morgan fingerprint density at radius 2 is 1.92 bits per heavy atom. The lowest BCUT2D eigenvalue weighted by atomic mass is 10.1. The van der Waals surface area contributed by atoms with Gasteiger partial charge in [0.2, 0.25) is 0 Å². The van der Waals surface area contributed by atoms with E-state index in [1.165, 1.54) is 24.2 Å². The van der Waals surface area contributed by atoms with E-state index in [9.17, 15) is 0 Å². The van der Waals surface area contributed by atoms with Gasteiger partial charge < -0.3 is 0 Å². The fourth-order valence-corrected chi connectivity index (χ4v) is 1.50. The van der Waals surface area contributed by atoms with Crippen LogP contribution in [0.2, 0.25) is 0 Å². The molecule has 0 fully saturated rings. The van der Waals surface area contributed by atoms with Crippen molar-refractivity contribution in [1.29, 1.82) is 0 Å². The zero-order valence-electron chi connectivity index (χ0n) is 8.88. The average Bonchev–Trinajstić information content (AvgIpc) is 2.45. The molecule has 0 N–H and O–H groups in total. The third kappa shape index (κ3) is 2.54. The van der Waals surface area contributed by atoms with Crippen LogP contribution in [0.15, 0.2) is 0 Å². The first-order valence-electron chi connectivity index (χ1n) is 5.17. The van der Waals surface area contributed by atoms with Gasteiger partial charge in [-0.1, -0.05) is 31.9 Å². The Bertz CT molecular complexity index is 253. The molecule has 0 spiro atoms. The van der Waals surface area contributed by atoms with Crippen molar-refractivity contribution in [3.8, 4) is 0 Å². The second-order valence-corrected chi connectivity index (χ2v) is 3.46. The van der Waals surface area contributed by atoms with Crippen LogP contribution < -0.4 is 0 Å². The summed E-state index contributed by atoms with van der Waals surface area (Å²) in [6.45, 7) is 4.39. The van der Waals surface area contributed by atoms with Crippen LogP contribution in [-0.2, 0) is 19.9 Å². The van der Waals surface area contributed by atoms with Crippen molar-refractivity contribution in [2.45, 2.75) is 46.0 Å². The van der Waals surface area contributed by atoms with Gasteiger partial charge in [0.1, 0.15) is 0 Å². The molecule has 1 rings (SSSR count). The van der Waals surface area contributed by atoms with Crippen molar-refractivity contribution >= 4 is 0 Å². The molecule has 0 atom stereocenters. The average molecular weight is 181 g/mol. The second kappa shape index (κ2) is 5.00. The van der Waals surface area contributed by atoms with Gasteiger partial charge in [-0.05, 0) is 19.3 Å². The number of aromatic nitrogens is 3. The third-order valence-electron chi connectivity index (χ3n) is 2.28. The number of nitrogens with zero attached hydrogens (tertiary/aromatic N) is 3. The lowest BCUT2D eigenvalue weighted by Gasteiger charge is -2.01. The van der Waals surface area contributed by atoms with Gasteiger partial charge in [0, 0.05) is 7.05 Å². The SMILES string of the molecule is CCCCc1c(CCC)nnn1C. The minimum atomic E-state index is 1.06. The van der Waals surface area contributed by atoms with E-state index in [2.05, 4.69) is 24.2 Å². The Labute approximate surface area is 80.1 Å². The van der Waals surface area contributed by atoms with Gasteiger partial charge in [0.15, 0.2) is 0 Å².